The summed E-state index contributed by atoms with van der Waals surface area (Å²) in [5.41, 5.74) is 1.13. The first-order valence-electron chi connectivity index (χ1n) is 16.3. The van der Waals surface area contributed by atoms with Crippen molar-refractivity contribution in [3.8, 4) is 0 Å². The van der Waals surface area contributed by atoms with Crippen LogP contribution in [0.5, 0.6) is 0 Å². The summed E-state index contributed by atoms with van der Waals surface area (Å²) in [6, 6.07) is 31.9. The predicted octanol–water partition coefficient (Wildman–Crippen LogP) is 7.89. The molecule has 2 aliphatic heterocycles. The molecule has 0 amide bonds. The molecule has 3 atom stereocenters. The van der Waals surface area contributed by atoms with Gasteiger partial charge < -0.3 is 22.8 Å². The van der Waals surface area contributed by atoms with Gasteiger partial charge in [0.15, 0.2) is 0 Å². The van der Waals surface area contributed by atoms with Gasteiger partial charge in [-0.2, -0.15) is 0 Å². The Balaban J connectivity index is 1.60. The predicted molar refractivity (Wildman–Crippen MR) is 188 cm³/mol. The van der Waals surface area contributed by atoms with Crippen LogP contribution in [0.2, 0.25) is 15.1 Å². The summed E-state index contributed by atoms with van der Waals surface area (Å²) >= 11 is 0. The van der Waals surface area contributed by atoms with Gasteiger partial charge in [0.25, 0.3) is 8.32 Å². The molecular weight excluding hydrogens is 593 g/mol. The van der Waals surface area contributed by atoms with Crippen molar-refractivity contribution in [3.63, 3.8) is 0 Å². The first kappa shape index (κ1) is 33.8. The molecule has 3 aromatic rings. The van der Waals surface area contributed by atoms with Gasteiger partial charge in [-0.25, -0.2) is 0 Å². The molecule has 5 nitrogen and oxygen atoms in total. The van der Waals surface area contributed by atoms with Crippen molar-refractivity contribution in [1.29, 1.82) is 0 Å². The second-order valence-electron chi connectivity index (χ2n) is 15.5. The zero-order valence-electron chi connectivity index (χ0n) is 28.6. The highest BCUT2D eigenvalue weighted by atomic mass is 28.4. The molecule has 0 unspecified atom stereocenters. The third-order valence-electron chi connectivity index (χ3n) is 9.16. The minimum absolute atomic E-state index is 0.166. The van der Waals surface area contributed by atoms with Crippen LogP contribution in [0.4, 0.5) is 0 Å². The Labute approximate surface area is 273 Å². The Kier molecular flexibility index (Phi) is 9.72. The maximum Gasteiger partial charge on any atom is 0.349 e. The fraction of sp³-hybridized carbons (Fsp3) is 0.474. The van der Waals surface area contributed by atoms with Gasteiger partial charge in [-0.15, -0.1) is 0 Å². The van der Waals surface area contributed by atoms with Gasteiger partial charge in [-0.05, 0) is 27.1 Å². The molecule has 3 aromatic carbocycles. The van der Waals surface area contributed by atoms with Gasteiger partial charge in [0.2, 0.25) is 0 Å². The molecule has 0 aromatic heterocycles. The quantitative estimate of drug-likeness (QED) is 0.234. The Morgan fingerprint density at radius 2 is 1.22 bits per heavy atom. The van der Waals surface area contributed by atoms with Crippen LogP contribution in [-0.2, 0) is 29.4 Å². The van der Waals surface area contributed by atoms with E-state index >= 15 is 0 Å². The second kappa shape index (κ2) is 12.9. The maximum atomic E-state index is 7.77. The van der Waals surface area contributed by atoms with Crippen molar-refractivity contribution < 1.29 is 22.8 Å². The van der Waals surface area contributed by atoms with Crippen LogP contribution in [0.3, 0.4) is 0 Å². The van der Waals surface area contributed by atoms with Crippen LogP contribution in [0, 0.1) is 0 Å². The third kappa shape index (κ3) is 6.66. The first-order chi connectivity index (χ1) is 21.2. The molecule has 0 saturated carbocycles. The highest BCUT2D eigenvalue weighted by molar-refractivity contribution is 6.99. The van der Waals surface area contributed by atoms with Crippen molar-refractivity contribution in [2.24, 2.45) is 0 Å². The van der Waals surface area contributed by atoms with Gasteiger partial charge in [-0.3, -0.25) is 0 Å². The molecule has 2 heterocycles. The number of ether oxygens (including phenoxy) is 2. The van der Waals surface area contributed by atoms with Crippen molar-refractivity contribution in [2.45, 2.75) is 102 Å². The van der Waals surface area contributed by atoms with E-state index in [0.29, 0.717) is 19.8 Å². The fourth-order valence-electron chi connectivity index (χ4n) is 7.32. The molecular formula is C38H52O5Si2. The molecule has 0 radical (unpaired) electrons. The van der Waals surface area contributed by atoms with E-state index in [-0.39, 0.29) is 33.4 Å². The number of rotatable bonds is 8. The molecule has 1 fully saturated rings. The topological polar surface area (TPSA) is 46.2 Å². The summed E-state index contributed by atoms with van der Waals surface area (Å²) in [5.74, 6) is 0.767. The van der Waals surface area contributed by atoms with Crippen molar-refractivity contribution in [2.75, 3.05) is 13.2 Å². The van der Waals surface area contributed by atoms with Crippen LogP contribution in [-0.4, -0.2) is 48.4 Å². The summed E-state index contributed by atoms with van der Waals surface area (Å²) in [7, 11) is -5.72. The average Bonchev–Trinajstić information content (AvgIpc) is 2.99. The van der Waals surface area contributed by atoms with Gasteiger partial charge in [-0.1, -0.05) is 153 Å². The molecule has 242 valence electrons. The fourth-order valence-corrected chi connectivity index (χ4v) is 16.9. The van der Waals surface area contributed by atoms with Gasteiger partial charge in [0, 0.05) is 10.1 Å². The lowest BCUT2D eigenvalue weighted by Crippen LogP contribution is -2.72. The molecule has 1 saturated heterocycles. The molecule has 0 N–H and O–H groups in total. The van der Waals surface area contributed by atoms with Crippen LogP contribution in [0.15, 0.2) is 103 Å². The lowest BCUT2D eigenvalue weighted by atomic mass is 10.0. The zero-order valence-corrected chi connectivity index (χ0v) is 30.6. The van der Waals surface area contributed by atoms with Crippen molar-refractivity contribution in [1.82, 2.24) is 0 Å². The van der Waals surface area contributed by atoms with E-state index in [4.69, 9.17) is 22.8 Å². The summed E-state index contributed by atoms with van der Waals surface area (Å²) < 4.78 is 34.8. The van der Waals surface area contributed by atoms with E-state index in [1.54, 1.807) is 0 Å². The monoisotopic (exact) mass is 644 g/mol. The molecule has 5 rings (SSSR count). The summed E-state index contributed by atoms with van der Waals surface area (Å²) in [6.07, 6.45) is 1.16. The molecule has 0 bridgehead atoms. The number of hydrogen-bond acceptors (Lipinski definition) is 5. The van der Waals surface area contributed by atoms with E-state index < -0.39 is 16.9 Å². The molecule has 0 aliphatic carbocycles. The number of benzene rings is 3. The van der Waals surface area contributed by atoms with Crippen molar-refractivity contribution in [3.05, 3.63) is 108 Å². The van der Waals surface area contributed by atoms with E-state index in [0.717, 1.165) is 11.3 Å². The smallest absolute Gasteiger partial charge is 0.349 e. The van der Waals surface area contributed by atoms with E-state index in [2.05, 4.69) is 141 Å². The zero-order chi connectivity index (χ0) is 32.5. The largest absolute Gasteiger partial charge is 0.487 e. The lowest BCUT2D eigenvalue weighted by Gasteiger charge is -2.57. The van der Waals surface area contributed by atoms with E-state index in [1.165, 1.54) is 10.4 Å². The third-order valence-corrected chi connectivity index (χ3v) is 19.3. The molecule has 7 heteroatoms. The van der Waals surface area contributed by atoms with Crippen LogP contribution in [0.25, 0.3) is 0 Å². The summed E-state index contributed by atoms with van der Waals surface area (Å²) in [6.45, 7) is 21.8. The number of hydrogen-bond donors (Lipinski definition) is 0. The lowest BCUT2D eigenvalue weighted by molar-refractivity contribution is -0.132. The Hall–Kier alpha value is -2.53. The summed E-state index contributed by atoms with van der Waals surface area (Å²) in [5, 5.41) is 1.96. The SMILES string of the molecule is CC(C)(C)[Si](O[C@@H]1C=C(COCc2ccccc2)O[C@@H]2CO[Si](C(C)(C)C)(C(C)(C)C)O[C@@H]12)(c1ccccc1)c1ccccc1. The van der Waals surface area contributed by atoms with E-state index in [9.17, 15) is 0 Å². The van der Waals surface area contributed by atoms with Crippen LogP contribution >= 0.6 is 0 Å². The molecule has 0 spiro atoms. The van der Waals surface area contributed by atoms with Gasteiger partial charge in [0.1, 0.15) is 24.6 Å². The highest BCUT2D eigenvalue weighted by Gasteiger charge is 2.64. The number of fused-ring (bicyclic) bond motifs is 1. The Morgan fingerprint density at radius 3 is 1.71 bits per heavy atom. The minimum Gasteiger partial charge on any atom is -0.487 e. The van der Waals surface area contributed by atoms with Gasteiger partial charge >= 0.3 is 8.56 Å². The van der Waals surface area contributed by atoms with Crippen LogP contribution in [0.1, 0.15) is 67.9 Å². The normalized spacial score (nSPS) is 22.2. The molecule has 2 aliphatic rings. The van der Waals surface area contributed by atoms with Crippen molar-refractivity contribution >= 4 is 27.3 Å². The standard InChI is InChI=1S/C38H52O5Si2/c1-36(2,3)44(31-21-15-11-16-22-31,32-23-17-12-18-24-32)42-33-25-30(27-39-26-29-19-13-10-14-20-29)41-34-28-40-45(37(4,5)6,38(7,8)9)43-35(33)34/h10-25,33-35H,26-28H2,1-9H3/t33-,34-,35+/m1/s1. The first-order valence-corrected chi connectivity index (χ1v) is 20.0. The summed E-state index contributed by atoms with van der Waals surface area (Å²) in [4.78, 5) is 0. The van der Waals surface area contributed by atoms with Gasteiger partial charge in [0.05, 0.1) is 19.3 Å². The maximum absolute atomic E-state index is 7.77. The highest BCUT2D eigenvalue weighted by Crippen LogP contribution is 2.55. The minimum atomic E-state index is -2.91. The second-order valence-corrected chi connectivity index (χ2v) is 24.5. The van der Waals surface area contributed by atoms with E-state index in [1.807, 2.05) is 18.2 Å². The molecule has 45 heavy (non-hydrogen) atoms. The van der Waals surface area contributed by atoms with Crippen LogP contribution < -0.4 is 10.4 Å². The Bertz CT molecular complexity index is 1370. The Morgan fingerprint density at radius 1 is 0.711 bits per heavy atom. The average molecular weight is 645 g/mol.